The molecule has 0 aliphatic rings. The fourth-order valence-corrected chi connectivity index (χ4v) is 5.11. The number of carbonyl (C=O) groups excluding carboxylic acids is 1. The van der Waals surface area contributed by atoms with Crippen LogP contribution in [-0.4, -0.2) is 37.0 Å². The molecule has 2 aromatic carbocycles. The van der Waals surface area contributed by atoms with E-state index in [0.29, 0.717) is 23.9 Å². The monoisotopic (exact) mass is 443 g/mol. The maximum atomic E-state index is 13.2. The Morgan fingerprint density at radius 1 is 1.13 bits per heavy atom. The Bertz CT molecular complexity index is 1080. The van der Waals surface area contributed by atoms with E-state index in [9.17, 15) is 13.2 Å². The summed E-state index contributed by atoms with van der Waals surface area (Å²) in [5, 5.41) is -1.48. The van der Waals surface area contributed by atoms with Crippen molar-refractivity contribution in [3.05, 3.63) is 66.1 Å². The minimum atomic E-state index is -4.04. The third kappa shape index (κ3) is 5.58. The minimum absolute atomic E-state index is 0.181. The lowest BCUT2D eigenvalue weighted by molar-refractivity contribution is 0.0938. The quantitative estimate of drug-likeness (QED) is 0.347. The molecule has 31 heavy (non-hydrogen) atoms. The van der Waals surface area contributed by atoms with Crippen molar-refractivity contribution in [2.24, 2.45) is 11.7 Å². The first-order chi connectivity index (χ1) is 14.8. The first kappa shape index (κ1) is 23.1. The fourth-order valence-electron chi connectivity index (χ4n) is 3.43. The minimum Gasteiger partial charge on any atom is -0.434 e. The molecule has 1 heterocycles. The number of fused-ring (bicyclic) bond motifs is 1. The third-order valence-electron chi connectivity index (χ3n) is 5.54. The number of aryl methyl sites for hydroxylation is 1. The van der Waals surface area contributed by atoms with Crippen LogP contribution in [-0.2, 0) is 16.4 Å². The highest BCUT2D eigenvalue weighted by Gasteiger charge is 2.42. The van der Waals surface area contributed by atoms with E-state index < -0.39 is 27.1 Å². The first-order valence-corrected chi connectivity index (χ1v) is 12.1. The predicted molar refractivity (Wildman–Crippen MR) is 121 cm³/mol. The molecule has 0 aliphatic heterocycles. The van der Waals surface area contributed by atoms with E-state index in [1.807, 2.05) is 44.2 Å². The normalized spacial score (nSPS) is 14.9. The molecule has 0 saturated heterocycles. The van der Waals surface area contributed by atoms with Crippen molar-refractivity contribution in [2.75, 3.05) is 6.54 Å². The van der Waals surface area contributed by atoms with Crippen molar-refractivity contribution in [1.82, 2.24) is 9.71 Å². The molecule has 3 aromatic rings. The highest BCUT2D eigenvalue weighted by molar-refractivity contribution is 7.91. The summed E-state index contributed by atoms with van der Waals surface area (Å²) in [6.45, 7) is 3.95. The van der Waals surface area contributed by atoms with E-state index in [1.165, 1.54) is 0 Å². The standard InChI is InChI=1S/C23H29N3O4S/c1-3-16(2)20(24)22(21(27)23-26-18-13-7-8-14-19(18)30-23)31(28,29)25-15-9-12-17-10-5-4-6-11-17/h4-8,10-11,13-14,16,20,22,25H,3,9,12,15,24H2,1-2H3. The molecule has 0 aliphatic carbocycles. The van der Waals surface area contributed by atoms with Gasteiger partial charge in [-0.05, 0) is 36.5 Å². The third-order valence-corrected chi connectivity index (χ3v) is 7.34. The molecule has 3 N–H and O–H groups in total. The molecule has 0 saturated carbocycles. The number of Topliss-reactive ketones (excluding diaryl/α,β-unsaturated/α-hetero) is 1. The van der Waals surface area contributed by atoms with Gasteiger partial charge in [-0.15, -0.1) is 0 Å². The number of oxazole rings is 1. The maximum absolute atomic E-state index is 13.2. The zero-order valence-electron chi connectivity index (χ0n) is 17.8. The number of para-hydroxylation sites is 2. The van der Waals surface area contributed by atoms with Crippen molar-refractivity contribution in [3.8, 4) is 0 Å². The van der Waals surface area contributed by atoms with Crippen molar-refractivity contribution >= 4 is 26.9 Å². The number of rotatable bonds is 11. The van der Waals surface area contributed by atoms with Crippen LogP contribution in [0.2, 0.25) is 0 Å². The second-order valence-electron chi connectivity index (χ2n) is 7.76. The smallest absolute Gasteiger partial charge is 0.265 e. The lowest BCUT2D eigenvalue weighted by atomic mass is 9.95. The van der Waals surface area contributed by atoms with Gasteiger partial charge in [0.05, 0.1) is 0 Å². The molecule has 0 amide bonds. The molecule has 7 nitrogen and oxygen atoms in total. The lowest BCUT2D eigenvalue weighted by Gasteiger charge is -2.26. The van der Waals surface area contributed by atoms with Gasteiger partial charge in [0.1, 0.15) is 5.52 Å². The molecule has 0 fully saturated rings. The Labute approximate surface area is 183 Å². The largest absolute Gasteiger partial charge is 0.434 e. The van der Waals surface area contributed by atoms with Gasteiger partial charge < -0.3 is 10.2 Å². The average Bonchev–Trinajstić information content (AvgIpc) is 3.21. The number of benzene rings is 2. The number of hydrogen-bond acceptors (Lipinski definition) is 6. The van der Waals surface area contributed by atoms with Crippen molar-refractivity contribution in [2.45, 2.75) is 44.4 Å². The number of nitrogens with two attached hydrogens (primary N) is 1. The van der Waals surface area contributed by atoms with Gasteiger partial charge in [-0.25, -0.2) is 18.1 Å². The number of hydrogen-bond donors (Lipinski definition) is 2. The topological polar surface area (TPSA) is 115 Å². The molecule has 0 bridgehead atoms. The van der Waals surface area contributed by atoms with Crippen molar-refractivity contribution < 1.29 is 17.6 Å². The zero-order chi connectivity index (χ0) is 22.4. The summed E-state index contributed by atoms with van der Waals surface area (Å²) in [7, 11) is -4.04. The molecule has 8 heteroatoms. The number of ketones is 1. The summed E-state index contributed by atoms with van der Waals surface area (Å²) in [5.41, 5.74) is 8.32. The van der Waals surface area contributed by atoms with Gasteiger partial charge in [0, 0.05) is 12.6 Å². The van der Waals surface area contributed by atoms with E-state index >= 15 is 0 Å². The van der Waals surface area contributed by atoms with Crippen LogP contribution in [0.3, 0.4) is 0 Å². The van der Waals surface area contributed by atoms with Crippen LogP contribution in [0.1, 0.15) is 42.9 Å². The number of nitrogens with zero attached hydrogens (tertiary/aromatic N) is 1. The van der Waals surface area contributed by atoms with Crippen LogP contribution >= 0.6 is 0 Å². The molecule has 0 radical (unpaired) electrons. The van der Waals surface area contributed by atoms with Gasteiger partial charge in [0.2, 0.25) is 15.8 Å². The maximum Gasteiger partial charge on any atom is 0.265 e. The summed E-state index contributed by atoms with van der Waals surface area (Å²) >= 11 is 0. The van der Waals surface area contributed by atoms with E-state index in [4.69, 9.17) is 10.2 Å². The van der Waals surface area contributed by atoms with Crippen molar-refractivity contribution in [1.29, 1.82) is 0 Å². The predicted octanol–water partition coefficient (Wildman–Crippen LogP) is 3.30. The van der Waals surface area contributed by atoms with E-state index in [1.54, 1.807) is 24.3 Å². The molecular formula is C23H29N3O4S. The van der Waals surface area contributed by atoms with Crippen LogP contribution in [0.25, 0.3) is 11.1 Å². The number of carbonyl (C=O) groups is 1. The summed E-state index contributed by atoms with van der Waals surface area (Å²) in [6, 6.07) is 15.8. The summed E-state index contributed by atoms with van der Waals surface area (Å²) in [4.78, 5) is 17.4. The van der Waals surface area contributed by atoms with E-state index in [-0.39, 0.29) is 18.4 Å². The van der Waals surface area contributed by atoms with Gasteiger partial charge in [-0.3, -0.25) is 4.79 Å². The Balaban J connectivity index is 1.78. The summed E-state index contributed by atoms with van der Waals surface area (Å²) in [6.07, 6.45) is 1.97. The van der Waals surface area contributed by atoms with E-state index in [2.05, 4.69) is 9.71 Å². The first-order valence-electron chi connectivity index (χ1n) is 10.5. The number of aromatic nitrogens is 1. The Hall–Kier alpha value is -2.55. The molecule has 3 atom stereocenters. The molecule has 1 aromatic heterocycles. The molecular weight excluding hydrogens is 414 g/mol. The Kier molecular flexibility index (Phi) is 7.59. The van der Waals surface area contributed by atoms with Crippen LogP contribution in [0.15, 0.2) is 59.0 Å². The lowest BCUT2D eigenvalue weighted by Crippen LogP contribution is -2.53. The molecule has 3 rings (SSSR count). The Morgan fingerprint density at radius 3 is 2.48 bits per heavy atom. The summed E-state index contributed by atoms with van der Waals surface area (Å²) < 4.78 is 34.4. The SMILES string of the molecule is CCC(C)C(N)C(C(=O)c1nc2ccccc2o1)S(=O)(=O)NCCCc1ccccc1. The highest BCUT2D eigenvalue weighted by atomic mass is 32.2. The highest BCUT2D eigenvalue weighted by Crippen LogP contribution is 2.22. The fraction of sp³-hybridized carbons (Fsp3) is 0.391. The van der Waals surface area contributed by atoms with Gasteiger partial charge in [0.25, 0.3) is 5.89 Å². The molecule has 166 valence electrons. The second kappa shape index (κ2) is 10.2. The van der Waals surface area contributed by atoms with Crippen LogP contribution < -0.4 is 10.5 Å². The summed E-state index contributed by atoms with van der Waals surface area (Å²) in [5.74, 6) is -1.14. The van der Waals surface area contributed by atoms with Gasteiger partial charge >= 0.3 is 0 Å². The van der Waals surface area contributed by atoms with Gasteiger partial charge in [-0.1, -0.05) is 62.7 Å². The van der Waals surface area contributed by atoms with Gasteiger partial charge in [-0.2, -0.15) is 0 Å². The van der Waals surface area contributed by atoms with E-state index in [0.717, 1.165) is 12.0 Å². The zero-order valence-corrected chi connectivity index (χ0v) is 18.6. The van der Waals surface area contributed by atoms with Crippen molar-refractivity contribution in [3.63, 3.8) is 0 Å². The number of nitrogens with one attached hydrogen (secondary N) is 1. The Morgan fingerprint density at radius 2 is 1.81 bits per heavy atom. The second-order valence-corrected chi connectivity index (χ2v) is 9.65. The van der Waals surface area contributed by atoms with Gasteiger partial charge in [0.15, 0.2) is 10.8 Å². The molecule has 3 unspecified atom stereocenters. The van der Waals surface area contributed by atoms with Crippen LogP contribution in [0, 0.1) is 5.92 Å². The van der Waals surface area contributed by atoms with Crippen LogP contribution in [0.4, 0.5) is 0 Å². The van der Waals surface area contributed by atoms with Crippen LogP contribution in [0.5, 0.6) is 0 Å². The average molecular weight is 444 g/mol. The number of sulfonamides is 1. The molecule has 0 spiro atoms.